The van der Waals surface area contributed by atoms with E-state index in [9.17, 15) is 63.1 Å². The van der Waals surface area contributed by atoms with Crippen LogP contribution < -0.4 is 22.8 Å². The van der Waals surface area contributed by atoms with Crippen LogP contribution in [0.5, 0.6) is 0 Å². The molecule has 16 unspecified atom stereocenters. The van der Waals surface area contributed by atoms with Gasteiger partial charge >= 0.3 is 31.3 Å². The first-order valence-corrected chi connectivity index (χ1v) is 26.9. The van der Waals surface area contributed by atoms with Crippen LogP contribution in [0.3, 0.4) is 0 Å². The van der Waals surface area contributed by atoms with Crippen LogP contribution in [-0.4, -0.2) is 180 Å². The number of anilines is 3. The molecule has 0 spiro atoms. The van der Waals surface area contributed by atoms with E-state index < -0.39 is 130 Å². The number of phosphoric ester groups is 3. The molecule has 3 saturated heterocycles. The van der Waals surface area contributed by atoms with Crippen molar-refractivity contribution in [2.75, 3.05) is 44.1 Å². The fourth-order valence-electron chi connectivity index (χ4n) is 8.11. The molecular formula is C32H43N15O23P4. The van der Waals surface area contributed by atoms with Crippen molar-refractivity contribution < 1.29 is 104 Å². The summed E-state index contributed by atoms with van der Waals surface area (Å²) in [4.78, 5) is 88.9. The molecule has 0 amide bonds. The van der Waals surface area contributed by atoms with E-state index in [0.29, 0.717) is 0 Å². The summed E-state index contributed by atoms with van der Waals surface area (Å²) in [5.41, 5.74) is 14.5. The van der Waals surface area contributed by atoms with E-state index >= 15 is 0 Å². The number of ether oxygens (including phenoxy) is 4. The highest BCUT2D eigenvalue weighted by Gasteiger charge is 2.55. The van der Waals surface area contributed by atoms with Crippen molar-refractivity contribution in [2.24, 2.45) is 0 Å². The van der Waals surface area contributed by atoms with Gasteiger partial charge in [0.25, 0.3) is 5.56 Å². The number of aromatic amines is 1. The number of aliphatic hydroxyl groups excluding tert-OH is 4. The Hall–Kier alpha value is -4.95. The van der Waals surface area contributed by atoms with Crippen molar-refractivity contribution in [3.05, 3.63) is 42.0 Å². The lowest BCUT2D eigenvalue weighted by molar-refractivity contribution is -0.113. The summed E-state index contributed by atoms with van der Waals surface area (Å²) in [7, 11) is -22.3. The lowest BCUT2D eigenvalue weighted by atomic mass is 9.99. The predicted molar refractivity (Wildman–Crippen MR) is 237 cm³/mol. The van der Waals surface area contributed by atoms with Gasteiger partial charge in [-0.25, -0.2) is 53.1 Å². The molecular weight excluding hydrogens is 1090 g/mol. The molecule has 38 nitrogen and oxygen atoms in total. The molecule has 0 saturated carbocycles. The van der Waals surface area contributed by atoms with Crippen molar-refractivity contribution in [3.63, 3.8) is 0 Å². The third-order valence-electron chi connectivity index (χ3n) is 11.6. The summed E-state index contributed by atoms with van der Waals surface area (Å²) in [6.45, 7) is -2.26. The largest absolute Gasteiger partial charge is 0.490 e. The molecule has 9 rings (SSSR count). The number of phosphoric acid groups is 4. The Bertz CT molecular complexity index is 3350. The van der Waals surface area contributed by atoms with Crippen LogP contribution in [0.15, 0.2) is 36.4 Å². The fourth-order valence-corrected chi connectivity index (χ4v) is 12.7. The second-order valence-corrected chi connectivity index (χ2v) is 22.5. The molecule has 42 heteroatoms. The first kappa shape index (κ1) is 53.9. The molecule has 3 aliphatic heterocycles. The second kappa shape index (κ2) is 19.9. The van der Waals surface area contributed by atoms with Gasteiger partial charge in [0.2, 0.25) is 5.95 Å². The summed E-state index contributed by atoms with van der Waals surface area (Å²) in [5.74, 6) is -0.422. The van der Waals surface area contributed by atoms with Crippen molar-refractivity contribution in [2.45, 2.75) is 80.0 Å². The number of fused-ring (bicyclic) bond motifs is 3. The van der Waals surface area contributed by atoms with E-state index in [0.717, 1.165) is 50.2 Å². The summed E-state index contributed by atoms with van der Waals surface area (Å²) in [6.07, 6.45) is -13.0. The topological polar surface area (TPSA) is 551 Å². The van der Waals surface area contributed by atoms with E-state index in [1.807, 2.05) is 0 Å². The van der Waals surface area contributed by atoms with Gasteiger partial charge in [0.05, 0.1) is 38.8 Å². The van der Waals surface area contributed by atoms with Gasteiger partial charge in [0, 0.05) is 7.11 Å². The number of nitrogens with two attached hydrogens (primary N) is 3. The third-order valence-corrected chi connectivity index (χ3v) is 16.8. The highest BCUT2D eigenvalue weighted by molar-refractivity contribution is 7.66. The number of aliphatic hydroxyl groups is 4. The normalized spacial score (nSPS) is 31.7. The molecule has 15 N–H and O–H groups in total. The fraction of sp³-hybridized carbons (Fsp3) is 0.531. The number of hydrogen-bond donors (Lipinski definition) is 12. The van der Waals surface area contributed by atoms with E-state index in [-0.39, 0.29) is 51.1 Å². The number of methoxy groups -OCH3 is 1. The van der Waals surface area contributed by atoms with Crippen LogP contribution in [0.2, 0.25) is 0 Å². The van der Waals surface area contributed by atoms with Crippen molar-refractivity contribution in [1.29, 1.82) is 0 Å². The third kappa shape index (κ3) is 10.5. The summed E-state index contributed by atoms with van der Waals surface area (Å²) in [6, 6.07) is 0. The number of rotatable bonds is 19. The number of imidazole rings is 3. The lowest BCUT2D eigenvalue weighted by Gasteiger charge is -2.28. The van der Waals surface area contributed by atoms with Crippen LogP contribution in [-0.2, 0) is 63.9 Å². The maximum absolute atomic E-state index is 13.7. The maximum Gasteiger partial charge on any atom is 0.490 e. The Morgan fingerprint density at radius 2 is 1.18 bits per heavy atom. The van der Waals surface area contributed by atoms with E-state index in [2.05, 4.69) is 53.5 Å². The Kier molecular flexibility index (Phi) is 14.5. The first-order valence-electron chi connectivity index (χ1n) is 20.9. The predicted octanol–water partition coefficient (Wildman–Crippen LogP) is -3.04. The van der Waals surface area contributed by atoms with E-state index in [1.54, 1.807) is 0 Å². The number of nitrogens with one attached hydrogen (secondary N) is 1. The van der Waals surface area contributed by atoms with E-state index in [4.69, 9.17) is 54.2 Å². The van der Waals surface area contributed by atoms with Crippen LogP contribution in [0.4, 0.5) is 17.6 Å². The molecule has 0 radical (unpaired) electrons. The molecule has 3 aliphatic rings. The average molecular weight is 1130 g/mol. The quantitative estimate of drug-likeness (QED) is 0.0359. The molecule has 6 aromatic heterocycles. The Morgan fingerprint density at radius 1 is 0.649 bits per heavy atom. The zero-order valence-corrected chi connectivity index (χ0v) is 41.1. The second-order valence-electron chi connectivity index (χ2n) is 16.5. The van der Waals surface area contributed by atoms with Gasteiger partial charge in [-0.2, -0.15) is 13.6 Å². The maximum atomic E-state index is 13.7. The standard InChI is InChI=1S/C32H43N15O23P4/c1-32(21(51)18(50)29(67-32)45-8-40-13-22(33)36-6-38-24(13)45)5-64-73(57,58)70-74(59,60)69-72(55,56)63-4-12-19(20(61-2)30(66-12)46-9-41-14-23(34)37-7-39-25(14)46)68-71(53,54)62-3-11-16(48)17(49)28(65-11)47-10-42-15-26(47)43-31(35)44-27(15)52/h6-12,16-21,28-30,48-51H,3-5H2,1-2H3,(H,53,54)(H,55,56)(H,57,58)(H,59,60)(H2,33,36,38)(H2,34,37,39)(H3,35,43,44,52). The molecule has 0 aromatic carbocycles. The highest BCUT2D eigenvalue weighted by Crippen LogP contribution is 2.68. The summed E-state index contributed by atoms with van der Waals surface area (Å²) < 4.78 is 108. The van der Waals surface area contributed by atoms with Gasteiger partial charge in [-0.1, -0.05) is 0 Å². The molecule has 0 aliphatic carbocycles. The first-order chi connectivity index (χ1) is 34.7. The van der Waals surface area contributed by atoms with E-state index in [1.165, 1.54) is 9.13 Å². The van der Waals surface area contributed by atoms with Gasteiger partial charge in [0.1, 0.15) is 78.1 Å². The number of hydrogen-bond acceptors (Lipinski definition) is 30. The Morgan fingerprint density at radius 3 is 1.78 bits per heavy atom. The molecule has 3 fully saturated rings. The molecule has 74 heavy (non-hydrogen) atoms. The van der Waals surface area contributed by atoms with Crippen molar-refractivity contribution in [1.82, 2.24) is 58.6 Å². The number of aromatic nitrogens is 12. The Labute approximate surface area is 410 Å². The number of nitrogens with zero attached hydrogens (tertiary/aromatic N) is 11. The summed E-state index contributed by atoms with van der Waals surface area (Å²) in [5, 5.41) is 43.4. The van der Waals surface area contributed by atoms with Gasteiger partial charge in [-0.3, -0.25) is 41.6 Å². The van der Waals surface area contributed by atoms with Crippen molar-refractivity contribution >= 4 is 82.4 Å². The van der Waals surface area contributed by atoms with Crippen LogP contribution in [0.1, 0.15) is 25.6 Å². The minimum atomic E-state index is -6.19. The zero-order valence-electron chi connectivity index (χ0n) is 37.5. The molecule has 16 atom stereocenters. The van der Waals surface area contributed by atoms with Gasteiger partial charge in [-0.15, -0.1) is 0 Å². The number of H-pyrrole nitrogens is 1. The monoisotopic (exact) mass is 1130 g/mol. The van der Waals surface area contributed by atoms with Gasteiger partial charge < -0.3 is 76.1 Å². The minimum absolute atomic E-state index is 0.0126. The van der Waals surface area contributed by atoms with Crippen molar-refractivity contribution in [3.8, 4) is 0 Å². The Balaban J connectivity index is 0.867. The van der Waals surface area contributed by atoms with Crippen LogP contribution >= 0.6 is 31.3 Å². The zero-order chi connectivity index (χ0) is 53.4. The molecule has 0 bridgehead atoms. The lowest BCUT2D eigenvalue weighted by Crippen LogP contribution is -2.44. The van der Waals surface area contributed by atoms with Gasteiger partial charge in [0.15, 0.2) is 52.8 Å². The average Bonchev–Trinajstić information content (AvgIpc) is 4.18. The van der Waals surface area contributed by atoms with Crippen LogP contribution in [0.25, 0.3) is 33.5 Å². The molecule has 6 aromatic rings. The number of nitrogen functional groups attached to an aromatic ring is 3. The summed E-state index contributed by atoms with van der Waals surface area (Å²) >= 11 is 0. The molecule has 404 valence electrons. The SMILES string of the molecule is COC1C(OP(=O)(O)OCC2OC(n3cnc4c(=O)[nH]c(N)nc43)C(O)C2O)C(COP(=O)(O)OP(=O)(O)OP(=O)(O)OCC2(C)OC(n3cnc4c(N)ncnc43)C(O)C2O)OC1n1cnc2c(N)ncnc21. The van der Waals surface area contributed by atoms with Crippen LogP contribution in [0, 0.1) is 0 Å². The van der Waals surface area contributed by atoms with Gasteiger partial charge in [-0.05, 0) is 6.92 Å². The molecule has 9 heterocycles. The smallest absolute Gasteiger partial charge is 0.387 e. The highest BCUT2D eigenvalue weighted by atomic mass is 31.3. The minimum Gasteiger partial charge on any atom is -0.387 e.